The molecule has 0 unspecified atom stereocenters. The van der Waals surface area contributed by atoms with Gasteiger partial charge in [0.15, 0.2) is 0 Å². The smallest absolute Gasteiger partial charge is 0.123 e. The zero-order valence-electron chi connectivity index (χ0n) is 15.1. The van der Waals surface area contributed by atoms with Gasteiger partial charge in [-0.15, -0.1) is 0 Å². The SMILES string of the molecule is Cn1ccnc1CN1CCCN(Cc2nc3ccccc3n2C)CC1. The highest BCUT2D eigenvalue weighted by Gasteiger charge is 2.18. The van der Waals surface area contributed by atoms with Gasteiger partial charge in [0.1, 0.15) is 11.6 Å². The van der Waals surface area contributed by atoms with Gasteiger partial charge < -0.3 is 9.13 Å². The quantitative estimate of drug-likeness (QED) is 0.730. The molecule has 4 rings (SSSR count). The van der Waals surface area contributed by atoms with E-state index in [0.717, 1.165) is 56.4 Å². The summed E-state index contributed by atoms with van der Waals surface area (Å²) in [5.41, 5.74) is 2.30. The molecule has 3 aromatic rings. The summed E-state index contributed by atoms with van der Waals surface area (Å²) in [5.74, 6) is 2.29. The lowest BCUT2D eigenvalue weighted by Crippen LogP contribution is -2.31. The highest BCUT2D eigenvalue weighted by atomic mass is 15.2. The van der Waals surface area contributed by atoms with E-state index in [9.17, 15) is 0 Å². The fourth-order valence-electron chi connectivity index (χ4n) is 3.63. The van der Waals surface area contributed by atoms with Gasteiger partial charge in [-0.25, -0.2) is 9.97 Å². The van der Waals surface area contributed by atoms with Gasteiger partial charge >= 0.3 is 0 Å². The Morgan fingerprint density at radius 1 is 0.920 bits per heavy atom. The van der Waals surface area contributed by atoms with Gasteiger partial charge in [-0.2, -0.15) is 0 Å². The fourth-order valence-corrected chi connectivity index (χ4v) is 3.63. The predicted octanol–water partition coefficient (Wildman–Crippen LogP) is 2.01. The molecular weight excluding hydrogens is 312 g/mol. The van der Waals surface area contributed by atoms with E-state index in [1.54, 1.807) is 0 Å². The average Bonchev–Trinajstić information content (AvgIpc) is 3.06. The molecule has 1 fully saturated rings. The maximum absolute atomic E-state index is 4.82. The molecule has 1 saturated heterocycles. The number of rotatable bonds is 4. The molecule has 3 heterocycles. The minimum Gasteiger partial charge on any atom is -0.337 e. The molecule has 2 aromatic heterocycles. The highest BCUT2D eigenvalue weighted by Crippen LogP contribution is 2.16. The van der Waals surface area contributed by atoms with Crippen molar-refractivity contribution in [2.24, 2.45) is 14.1 Å². The molecule has 0 saturated carbocycles. The molecule has 0 radical (unpaired) electrons. The Bertz CT molecular complexity index is 849. The van der Waals surface area contributed by atoms with Gasteiger partial charge in [0.05, 0.1) is 24.1 Å². The first kappa shape index (κ1) is 16.3. The third-order valence-corrected chi connectivity index (χ3v) is 5.21. The number of hydrogen-bond acceptors (Lipinski definition) is 4. The molecular formula is C19H26N6. The summed E-state index contributed by atoms with van der Waals surface area (Å²) in [6, 6.07) is 8.37. The van der Waals surface area contributed by atoms with E-state index in [4.69, 9.17) is 4.98 Å². The molecule has 132 valence electrons. The van der Waals surface area contributed by atoms with E-state index < -0.39 is 0 Å². The van der Waals surface area contributed by atoms with E-state index in [0.29, 0.717) is 0 Å². The van der Waals surface area contributed by atoms with Gasteiger partial charge in [-0.3, -0.25) is 9.80 Å². The topological polar surface area (TPSA) is 42.1 Å². The van der Waals surface area contributed by atoms with Crippen LogP contribution in [0.25, 0.3) is 11.0 Å². The van der Waals surface area contributed by atoms with Crippen molar-refractivity contribution in [1.82, 2.24) is 28.9 Å². The molecule has 1 aliphatic heterocycles. The van der Waals surface area contributed by atoms with Crippen molar-refractivity contribution in [3.63, 3.8) is 0 Å². The number of imidazole rings is 2. The van der Waals surface area contributed by atoms with Crippen molar-refractivity contribution < 1.29 is 0 Å². The second-order valence-electron chi connectivity index (χ2n) is 6.94. The Morgan fingerprint density at radius 2 is 1.64 bits per heavy atom. The molecule has 0 N–H and O–H groups in total. The molecule has 0 aliphatic carbocycles. The zero-order valence-corrected chi connectivity index (χ0v) is 15.1. The minimum absolute atomic E-state index is 0.918. The maximum atomic E-state index is 4.82. The molecule has 1 aromatic carbocycles. The number of nitrogens with zero attached hydrogens (tertiary/aromatic N) is 6. The summed E-state index contributed by atoms with van der Waals surface area (Å²) in [6.07, 6.45) is 5.09. The van der Waals surface area contributed by atoms with Gasteiger partial charge in [0, 0.05) is 39.6 Å². The van der Waals surface area contributed by atoms with Gasteiger partial charge in [-0.05, 0) is 31.6 Å². The van der Waals surface area contributed by atoms with Crippen molar-refractivity contribution in [2.45, 2.75) is 19.5 Å². The molecule has 1 aliphatic rings. The van der Waals surface area contributed by atoms with E-state index in [1.807, 2.05) is 12.4 Å². The Balaban J connectivity index is 1.40. The van der Waals surface area contributed by atoms with Crippen LogP contribution < -0.4 is 0 Å². The lowest BCUT2D eigenvalue weighted by atomic mass is 10.3. The van der Waals surface area contributed by atoms with Crippen molar-refractivity contribution in [3.05, 3.63) is 48.3 Å². The third kappa shape index (κ3) is 3.45. The number of hydrogen-bond donors (Lipinski definition) is 0. The number of benzene rings is 1. The highest BCUT2D eigenvalue weighted by molar-refractivity contribution is 5.75. The van der Waals surface area contributed by atoms with E-state index in [-0.39, 0.29) is 0 Å². The molecule has 0 bridgehead atoms. The number of para-hydroxylation sites is 2. The summed E-state index contributed by atoms with van der Waals surface area (Å²) >= 11 is 0. The first-order valence-corrected chi connectivity index (χ1v) is 9.02. The Labute approximate surface area is 148 Å². The largest absolute Gasteiger partial charge is 0.337 e. The first-order chi connectivity index (χ1) is 12.2. The van der Waals surface area contributed by atoms with Crippen LogP contribution in [0.2, 0.25) is 0 Å². The van der Waals surface area contributed by atoms with Gasteiger partial charge in [0.2, 0.25) is 0 Å². The second kappa shape index (κ2) is 6.98. The summed E-state index contributed by atoms with van der Waals surface area (Å²) < 4.78 is 4.34. The van der Waals surface area contributed by atoms with Gasteiger partial charge in [-0.1, -0.05) is 12.1 Å². The summed E-state index contributed by atoms with van der Waals surface area (Å²) in [4.78, 5) is 14.3. The predicted molar refractivity (Wildman–Crippen MR) is 99.1 cm³/mol. The van der Waals surface area contributed by atoms with Crippen LogP contribution in [-0.4, -0.2) is 55.1 Å². The zero-order chi connectivity index (χ0) is 17.2. The summed E-state index contributed by atoms with van der Waals surface area (Å²) in [5, 5.41) is 0. The van der Waals surface area contributed by atoms with Crippen LogP contribution in [0.15, 0.2) is 36.7 Å². The lowest BCUT2D eigenvalue weighted by molar-refractivity contribution is 0.238. The van der Waals surface area contributed by atoms with Crippen LogP contribution in [0.3, 0.4) is 0 Å². The Kier molecular flexibility index (Phi) is 4.55. The average molecular weight is 338 g/mol. The molecule has 6 heteroatoms. The molecule has 0 spiro atoms. The Hall–Kier alpha value is -2.18. The molecule has 6 nitrogen and oxygen atoms in total. The molecule has 0 amide bonds. The third-order valence-electron chi connectivity index (χ3n) is 5.21. The lowest BCUT2D eigenvalue weighted by Gasteiger charge is -2.21. The van der Waals surface area contributed by atoms with Crippen LogP contribution in [0.4, 0.5) is 0 Å². The van der Waals surface area contributed by atoms with Crippen molar-refractivity contribution in [2.75, 3.05) is 26.2 Å². The van der Waals surface area contributed by atoms with Crippen LogP contribution >= 0.6 is 0 Å². The standard InChI is InChI=1S/C19H26N6/c1-22-11-8-20-18(22)14-24-9-5-10-25(13-12-24)15-19-21-16-6-3-4-7-17(16)23(19)2/h3-4,6-8,11H,5,9-10,12-15H2,1-2H3. The van der Waals surface area contributed by atoms with Gasteiger partial charge in [0.25, 0.3) is 0 Å². The monoisotopic (exact) mass is 338 g/mol. The molecule has 25 heavy (non-hydrogen) atoms. The van der Waals surface area contributed by atoms with Crippen LogP contribution in [0.5, 0.6) is 0 Å². The minimum atomic E-state index is 0.918. The second-order valence-corrected chi connectivity index (χ2v) is 6.94. The van der Waals surface area contributed by atoms with E-state index in [2.05, 4.69) is 62.3 Å². The van der Waals surface area contributed by atoms with Crippen molar-refractivity contribution in [1.29, 1.82) is 0 Å². The summed E-state index contributed by atoms with van der Waals surface area (Å²) in [6.45, 7) is 6.27. The number of aromatic nitrogens is 4. The van der Waals surface area contributed by atoms with Crippen molar-refractivity contribution in [3.8, 4) is 0 Å². The maximum Gasteiger partial charge on any atom is 0.123 e. The summed E-state index contributed by atoms with van der Waals surface area (Å²) in [7, 11) is 4.19. The number of aryl methyl sites for hydroxylation is 2. The van der Waals surface area contributed by atoms with E-state index in [1.165, 1.54) is 11.9 Å². The fraction of sp³-hybridized carbons (Fsp3) is 0.474. The first-order valence-electron chi connectivity index (χ1n) is 9.02. The molecule has 0 atom stereocenters. The van der Waals surface area contributed by atoms with Crippen LogP contribution in [0.1, 0.15) is 18.1 Å². The Morgan fingerprint density at radius 3 is 2.32 bits per heavy atom. The van der Waals surface area contributed by atoms with E-state index >= 15 is 0 Å². The van der Waals surface area contributed by atoms with Crippen LogP contribution in [0, 0.1) is 0 Å². The van der Waals surface area contributed by atoms with Crippen molar-refractivity contribution >= 4 is 11.0 Å². The van der Waals surface area contributed by atoms with Crippen LogP contribution in [-0.2, 0) is 27.2 Å². The normalized spacial score (nSPS) is 17.2. The number of fused-ring (bicyclic) bond motifs is 1.